The highest BCUT2D eigenvalue weighted by molar-refractivity contribution is 6.17. The summed E-state index contributed by atoms with van der Waals surface area (Å²) in [6.45, 7) is 4.75. The Morgan fingerprint density at radius 1 is 0.348 bits per heavy atom. The predicted octanol–water partition coefficient (Wildman–Crippen LogP) is 16.6. The summed E-state index contributed by atoms with van der Waals surface area (Å²) >= 11 is 0. The largest absolute Gasteiger partial charge is 0.309 e. The summed E-state index contributed by atoms with van der Waals surface area (Å²) in [6, 6.07) is 86.3. The van der Waals surface area contributed by atoms with Crippen LogP contribution in [-0.4, -0.2) is 4.57 Å². The molecule has 2 heteroatoms. The summed E-state index contributed by atoms with van der Waals surface area (Å²) in [5.41, 5.74) is 24.7. The highest BCUT2D eigenvalue weighted by atomic mass is 15.2. The Kier molecular flexibility index (Phi) is 7.70. The average molecular weight is 841 g/mol. The van der Waals surface area contributed by atoms with E-state index in [9.17, 15) is 0 Å². The molecule has 10 aromatic carbocycles. The van der Waals surface area contributed by atoms with Crippen LogP contribution in [0.1, 0.15) is 47.2 Å². The van der Waals surface area contributed by atoms with E-state index in [2.05, 4.69) is 254 Å². The Morgan fingerprint density at radius 2 is 0.848 bits per heavy atom. The smallest absolute Gasteiger partial charge is 0.0725 e. The molecule has 3 aliphatic rings. The molecule has 3 aliphatic carbocycles. The highest BCUT2D eigenvalue weighted by Gasteiger charge is 2.51. The van der Waals surface area contributed by atoms with Gasteiger partial charge in [-0.25, -0.2) is 0 Å². The van der Waals surface area contributed by atoms with Gasteiger partial charge < -0.3 is 9.47 Å². The van der Waals surface area contributed by atoms with Crippen LogP contribution < -0.4 is 4.90 Å². The molecule has 1 heterocycles. The van der Waals surface area contributed by atoms with Crippen molar-refractivity contribution in [3.63, 3.8) is 0 Å². The second-order valence-corrected chi connectivity index (χ2v) is 18.7. The third-order valence-electron chi connectivity index (χ3n) is 15.2. The maximum Gasteiger partial charge on any atom is 0.0725 e. The molecular formula is C64H44N2. The first kappa shape index (κ1) is 37.2. The van der Waals surface area contributed by atoms with E-state index < -0.39 is 5.41 Å². The van der Waals surface area contributed by atoms with Gasteiger partial charge in [-0.05, 0) is 121 Å². The molecular weight excluding hydrogens is 797 g/mol. The number of hydrogen-bond donors (Lipinski definition) is 0. The first-order valence-electron chi connectivity index (χ1n) is 23.2. The molecule has 1 aromatic heterocycles. The van der Waals surface area contributed by atoms with Crippen molar-refractivity contribution in [3.05, 3.63) is 264 Å². The molecule has 1 spiro atoms. The van der Waals surface area contributed by atoms with Gasteiger partial charge >= 0.3 is 0 Å². The summed E-state index contributed by atoms with van der Waals surface area (Å²) in [6.07, 6.45) is 0. The number of rotatable bonds is 5. The SMILES string of the molecule is CC1(C)c2ccccc2-c2c(-c3ccccc3N(c3ccc4c(c3)-c3ccccc3C43c4ccccc4-c4ccccc43)c3cccc4c3c3ccccc3n4-c3ccccc3)cccc21. The van der Waals surface area contributed by atoms with Gasteiger partial charge in [-0.15, -0.1) is 0 Å². The van der Waals surface area contributed by atoms with Crippen molar-refractivity contribution in [2.45, 2.75) is 24.7 Å². The van der Waals surface area contributed by atoms with Crippen LogP contribution in [0.2, 0.25) is 0 Å². The highest BCUT2D eigenvalue weighted by Crippen LogP contribution is 2.63. The summed E-state index contributed by atoms with van der Waals surface area (Å²) in [4.78, 5) is 2.56. The molecule has 0 fully saturated rings. The summed E-state index contributed by atoms with van der Waals surface area (Å²) in [5.74, 6) is 0. The molecule has 0 atom stereocenters. The third kappa shape index (κ3) is 4.80. The molecule has 0 saturated carbocycles. The van der Waals surface area contributed by atoms with Gasteiger partial charge in [0.2, 0.25) is 0 Å². The number of nitrogens with zero attached hydrogens (tertiary/aromatic N) is 2. The van der Waals surface area contributed by atoms with E-state index in [0.717, 1.165) is 22.7 Å². The lowest BCUT2D eigenvalue weighted by atomic mass is 9.70. The van der Waals surface area contributed by atoms with Crippen molar-refractivity contribution >= 4 is 38.9 Å². The van der Waals surface area contributed by atoms with Gasteiger partial charge in [-0.1, -0.05) is 196 Å². The van der Waals surface area contributed by atoms with Crippen molar-refractivity contribution in [1.29, 1.82) is 0 Å². The van der Waals surface area contributed by atoms with Gasteiger partial charge in [0.15, 0.2) is 0 Å². The van der Waals surface area contributed by atoms with E-state index in [1.165, 1.54) is 99.7 Å². The molecule has 0 unspecified atom stereocenters. The van der Waals surface area contributed by atoms with Crippen LogP contribution >= 0.6 is 0 Å². The predicted molar refractivity (Wildman–Crippen MR) is 275 cm³/mol. The Balaban J connectivity index is 1.08. The fourth-order valence-corrected chi connectivity index (χ4v) is 12.6. The lowest BCUT2D eigenvalue weighted by Crippen LogP contribution is -2.25. The number of aromatic nitrogens is 1. The van der Waals surface area contributed by atoms with Crippen LogP contribution in [0.3, 0.4) is 0 Å². The Hall–Kier alpha value is -8.20. The topological polar surface area (TPSA) is 8.17 Å². The van der Waals surface area contributed by atoms with Crippen molar-refractivity contribution in [2.24, 2.45) is 0 Å². The Morgan fingerprint density at radius 3 is 1.58 bits per heavy atom. The standard InChI is InChI=1S/C64H44N2/c1-63(2)51-29-12-9-26-48(51)61-47(28-18-33-56(61)63)46-25-10-16-34-57(46)66(60-37-19-36-59-62(60)49-27-11-17-35-58(49)65(59)41-20-4-3-5-21-41)42-38-39-55-50(40-42)45-24-8-15-32-54(45)64(55)52-30-13-6-22-43(52)44-23-7-14-31-53(44)64/h3-40H,1-2H3. The molecule has 14 rings (SSSR count). The molecule has 0 aliphatic heterocycles. The minimum atomic E-state index is -0.422. The van der Waals surface area contributed by atoms with Gasteiger partial charge in [-0.2, -0.15) is 0 Å². The summed E-state index contributed by atoms with van der Waals surface area (Å²) in [5, 5.41) is 2.43. The number of benzene rings is 10. The van der Waals surface area contributed by atoms with Crippen LogP contribution in [-0.2, 0) is 10.8 Å². The first-order valence-corrected chi connectivity index (χ1v) is 23.2. The van der Waals surface area contributed by atoms with E-state index in [-0.39, 0.29) is 5.41 Å². The van der Waals surface area contributed by atoms with Crippen molar-refractivity contribution < 1.29 is 0 Å². The molecule has 66 heavy (non-hydrogen) atoms. The summed E-state index contributed by atoms with van der Waals surface area (Å²) < 4.78 is 2.43. The van der Waals surface area contributed by atoms with Crippen LogP contribution in [0, 0.1) is 0 Å². The van der Waals surface area contributed by atoms with Gasteiger partial charge in [-0.3, -0.25) is 0 Å². The van der Waals surface area contributed by atoms with E-state index in [1.807, 2.05) is 0 Å². The maximum absolute atomic E-state index is 2.56. The lowest BCUT2D eigenvalue weighted by Gasteiger charge is -2.32. The number of fused-ring (bicyclic) bond motifs is 16. The van der Waals surface area contributed by atoms with Gasteiger partial charge in [0.1, 0.15) is 0 Å². The molecule has 0 amide bonds. The Labute approximate surface area is 385 Å². The molecule has 11 aromatic rings. The lowest BCUT2D eigenvalue weighted by molar-refractivity contribution is 0.660. The van der Waals surface area contributed by atoms with Crippen molar-refractivity contribution in [2.75, 3.05) is 4.90 Å². The van der Waals surface area contributed by atoms with E-state index in [4.69, 9.17) is 0 Å². The molecule has 0 bridgehead atoms. The van der Waals surface area contributed by atoms with Crippen LogP contribution in [0.25, 0.3) is 72.0 Å². The monoisotopic (exact) mass is 840 g/mol. The zero-order valence-corrected chi connectivity index (χ0v) is 36.8. The molecule has 0 saturated heterocycles. The number of para-hydroxylation sites is 3. The van der Waals surface area contributed by atoms with Gasteiger partial charge in [0.25, 0.3) is 0 Å². The first-order chi connectivity index (χ1) is 32.5. The normalized spacial score (nSPS) is 14.2. The number of anilines is 3. The zero-order chi connectivity index (χ0) is 43.7. The van der Waals surface area contributed by atoms with Gasteiger partial charge in [0.05, 0.1) is 27.8 Å². The minimum Gasteiger partial charge on any atom is -0.309 e. The van der Waals surface area contributed by atoms with E-state index >= 15 is 0 Å². The Bertz CT molecular complexity index is 3760. The molecule has 0 N–H and O–H groups in total. The van der Waals surface area contributed by atoms with Crippen LogP contribution in [0.15, 0.2) is 231 Å². The van der Waals surface area contributed by atoms with Gasteiger partial charge in [0, 0.05) is 33.1 Å². The van der Waals surface area contributed by atoms with E-state index in [1.54, 1.807) is 0 Å². The van der Waals surface area contributed by atoms with Crippen LogP contribution in [0.5, 0.6) is 0 Å². The summed E-state index contributed by atoms with van der Waals surface area (Å²) in [7, 11) is 0. The van der Waals surface area contributed by atoms with E-state index in [0.29, 0.717) is 0 Å². The van der Waals surface area contributed by atoms with Crippen molar-refractivity contribution in [1.82, 2.24) is 4.57 Å². The van der Waals surface area contributed by atoms with Crippen molar-refractivity contribution in [3.8, 4) is 50.2 Å². The second-order valence-electron chi connectivity index (χ2n) is 18.7. The minimum absolute atomic E-state index is 0.123. The third-order valence-corrected chi connectivity index (χ3v) is 15.2. The maximum atomic E-state index is 2.56. The fraction of sp³-hybridized carbons (Fsp3) is 0.0625. The quantitative estimate of drug-likeness (QED) is 0.168. The number of hydrogen-bond acceptors (Lipinski definition) is 1. The second kappa shape index (κ2) is 13.7. The molecule has 310 valence electrons. The fourth-order valence-electron chi connectivity index (χ4n) is 12.6. The zero-order valence-electron chi connectivity index (χ0n) is 36.8. The van der Waals surface area contributed by atoms with Crippen LogP contribution in [0.4, 0.5) is 17.1 Å². The molecule has 0 radical (unpaired) electrons. The molecule has 2 nitrogen and oxygen atoms in total. The average Bonchev–Trinajstić information content (AvgIpc) is 4.05.